The number of nitrogens with zero attached hydrogens (tertiary/aromatic N) is 1. The van der Waals surface area contributed by atoms with E-state index in [1.54, 1.807) is 0 Å². The lowest BCUT2D eigenvalue weighted by Crippen LogP contribution is -2.30. The standard InChI is InChI=1S/C12H18N2S/c1-3-11(7-13-5-1)9-15-10-12-4-2-6-14-8-12/h1,3,5,7,12,14H,2,4,6,8-10H2/t12-/m0/s1. The van der Waals surface area contributed by atoms with E-state index >= 15 is 0 Å². The molecule has 1 aliphatic rings. The Labute approximate surface area is 95.9 Å². The highest BCUT2D eigenvalue weighted by molar-refractivity contribution is 7.98. The third-order valence-electron chi connectivity index (χ3n) is 2.74. The van der Waals surface area contributed by atoms with Crippen LogP contribution in [0.15, 0.2) is 24.5 Å². The van der Waals surface area contributed by atoms with E-state index in [1.165, 1.54) is 37.2 Å². The smallest absolute Gasteiger partial charge is 0.0308 e. The Bertz CT molecular complexity index is 270. The Morgan fingerprint density at radius 1 is 1.53 bits per heavy atom. The Morgan fingerprint density at radius 3 is 3.27 bits per heavy atom. The molecule has 0 bridgehead atoms. The van der Waals surface area contributed by atoms with Crippen LogP contribution in [0.1, 0.15) is 18.4 Å². The van der Waals surface area contributed by atoms with E-state index in [9.17, 15) is 0 Å². The fourth-order valence-corrected chi connectivity index (χ4v) is 3.04. The van der Waals surface area contributed by atoms with Gasteiger partial charge in [-0.2, -0.15) is 11.8 Å². The second kappa shape index (κ2) is 6.13. The Hall–Kier alpha value is -0.540. The molecule has 15 heavy (non-hydrogen) atoms. The largest absolute Gasteiger partial charge is 0.316 e. The lowest BCUT2D eigenvalue weighted by molar-refractivity contribution is 0.410. The Morgan fingerprint density at radius 2 is 2.53 bits per heavy atom. The number of thioether (sulfide) groups is 1. The van der Waals surface area contributed by atoms with Gasteiger partial charge < -0.3 is 5.32 Å². The Balaban J connectivity index is 1.66. The molecule has 1 aliphatic heterocycles. The van der Waals surface area contributed by atoms with Gasteiger partial charge in [0, 0.05) is 18.1 Å². The number of piperidine rings is 1. The highest BCUT2D eigenvalue weighted by Crippen LogP contribution is 2.19. The normalized spacial score (nSPS) is 21.5. The molecular weight excluding hydrogens is 204 g/mol. The van der Waals surface area contributed by atoms with E-state index in [0.717, 1.165) is 11.7 Å². The van der Waals surface area contributed by atoms with Gasteiger partial charge in [-0.05, 0) is 49.2 Å². The van der Waals surface area contributed by atoms with Crippen molar-refractivity contribution in [1.82, 2.24) is 10.3 Å². The maximum absolute atomic E-state index is 4.12. The third kappa shape index (κ3) is 3.84. The molecular formula is C12H18N2S. The summed E-state index contributed by atoms with van der Waals surface area (Å²) in [4.78, 5) is 4.12. The number of aromatic nitrogens is 1. The molecule has 1 saturated heterocycles. The van der Waals surface area contributed by atoms with Crippen molar-refractivity contribution in [3.63, 3.8) is 0 Å². The molecule has 0 radical (unpaired) electrons. The molecule has 1 aromatic heterocycles. The van der Waals surface area contributed by atoms with E-state index in [2.05, 4.69) is 16.4 Å². The number of rotatable bonds is 4. The van der Waals surface area contributed by atoms with Crippen molar-refractivity contribution < 1.29 is 0 Å². The molecule has 0 spiro atoms. The van der Waals surface area contributed by atoms with E-state index in [1.807, 2.05) is 30.2 Å². The van der Waals surface area contributed by atoms with Crippen molar-refractivity contribution in [2.45, 2.75) is 18.6 Å². The number of hydrogen-bond acceptors (Lipinski definition) is 3. The molecule has 0 unspecified atom stereocenters. The molecule has 0 saturated carbocycles. The topological polar surface area (TPSA) is 24.9 Å². The molecule has 1 fully saturated rings. The van der Waals surface area contributed by atoms with Crippen molar-refractivity contribution in [3.8, 4) is 0 Å². The second-order valence-electron chi connectivity index (χ2n) is 4.09. The van der Waals surface area contributed by atoms with Crippen molar-refractivity contribution in [1.29, 1.82) is 0 Å². The molecule has 0 aromatic carbocycles. The molecule has 0 amide bonds. The maximum atomic E-state index is 4.12. The maximum Gasteiger partial charge on any atom is 0.0308 e. The summed E-state index contributed by atoms with van der Waals surface area (Å²) in [5.41, 5.74) is 1.34. The van der Waals surface area contributed by atoms with Gasteiger partial charge in [0.05, 0.1) is 0 Å². The van der Waals surface area contributed by atoms with Gasteiger partial charge in [0.25, 0.3) is 0 Å². The summed E-state index contributed by atoms with van der Waals surface area (Å²) < 4.78 is 0. The molecule has 1 N–H and O–H groups in total. The van der Waals surface area contributed by atoms with E-state index in [0.29, 0.717) is 0 Å². The molecule has 82 valence electrons. The zero-order valence-electron chi connectivity index (χ0n) is 8.98. The predicted octanol–water partition coefficient (Wildman–Crippen LogP) is 2.31. The van der Waals surface area contributed by atoms with E-state index in [-0.39, 0.29) is 0 Å². The van der Waals surface area contributed by atoms with Crippen LogP contribution in [0, 0.1) is 5.92 Å². The molecule has 2 rings (SSSR count). The quantitative estimate of drug-likeness (QED) is 0.846. The van der Waals surface area contributed by atoms with Gasteiger partial charge in [-0.25, -0.2) is 0 Å². The summed E-state index contributed by atoms with van der Waals surface area (Å²) in [5.74, 6) is 3.26. The van der Waals surface area contributed by atoms with Crippen LogP contribution in [0.3, 0.4) is 0 Å². The summed E-state index contributed by atoms with van der Waals surface area (Å²) >= 11 is 2.03. The molecule has 1 aromatic rings. The van der Waals surface area contributed by atoms with Gasteiger partial charge in [0.1, 0.15) is 0 Å². The fraction of sp³-hybridized carbons (Fsp3) is 0.583. The first-order chi connectivity index (χ1) is 7.45. The fourth-order valence-electron chi connectivity index (χ4n) is 1.89. The molecule has 2 nitrogen and oxygen atoms in total. The van der Waals surface area contributed by atoms with Crippen LogP contribution in [0.25, 0.3) is 0 Å². The van der Waals surface area contributed by atoms with Crippen molar-refractivity contribution >= 4 is 11.8 Å². The van der Waals surface area contributed by atoms with Crippen LogP contribution in [-0.2, 0) is 5.75 Å². The predicted molar refractivity (Wildman–Crippen MR) is 66.0 cm³/mol. The Kier molecular flexibility index (Phi) is 4.48. The van der Waals surface area contributed by atoms with Crippen molar-refractivity contribution in [2.24, 2.45) is 5.92 Å². The minimum absolute atomic E-state index is 0.875. The van der Waals surface area contributed by atoms with Gasteiger partial charge in [-0.15, -0.1) is 0 Å². The zero-order valence-corrected chi connectivity index (χ0v) is 9.80. The lowest BCUT2D eigenvalue weighted by atomic mass is 10.0. The zero-order chi connectivity index (χ0) is 10.3. The van der Waals surface area contributed by atoms with Crippen LogP contribution in [0.5, 0.6) is 0 Å². The first-order valence-corrected chi connectivity index (χ1v) is 6.78. The summed E-state index contributed by atoms with van der Waals surface area (Å²) in [5, 5.41) is 3.46. The highest BCUT2D eigenvalue weighted by Gasteiger charge is 2.12. The summed E-state index contributed by atoms with van der Waals surface area (Å²) in [6, 6.07) is 4.16. The monoisotopic (exact) mass is 222 g/mol. The van der Waals surface area contributed by atoms with Crippen LogP contribution in [0.2, 0.25) is 0 Å². The molecule has 0 aliphatic carbocycles. The van der Waals surface area contributed by atoms with Crippen molar-refractivity contribution in [3.05, 3.63) is 30.1 Å². The minimum atomic E-state index is 0.875. The second-order valence-corrected chi connectivity index (χ2v) is 5.12. The number of hydrogen-bond donors (Lipinski definition) is 1. The minimum Gasteiger partial charge on any atom is -0.316 e. The van der Waals surface area contributed by atoms with E-state index in [4.69, 9.17) is 0 Å². The molecule has 1 atom stereocenters. The van der Waals surface area contributed by atoms with Gasteiger partial charge in [0.15, 0.2) is 0 Å². The molecule has 2 heterocycles. The summed E-state index contributed by atoms with van der Waals surface area (Å²) in [7, 11) is 0. The highest BCUT2D eigenvalue weighted by atomic mass is 32.2. The molecule has 3 heteroatoms. The third-order valence-corrected chi connectivity index (χ3v) is 3.99. The van der Waals surface area contributed by atoms with Gasteiger partial charge in [-0.1, -0.05) is 6.07 Å². The summed E-state index contributed by atoms with van der Waals surface area (Å²) in [6.45, 7) is 2.42. The average Bonchev–Trinajstić information content (AvgIpc) is 2.32. The van der Waals surface area contributed by atoms with Crippen LogP contribution < -0.4 is 5.32 Å². The number of nitrogens with one attached hydrogen (secondary N) is 1. The average molecular weight is 222 g/mol. The summed E-state index contributed by atoms with van der Waals surface area (Å²) in [6.07, 6.45) is 6.54. The SMILES string of the molecule is c1cncc(CSC[C@H]2CCCNC2)c1. The number of pyridine rings is 1. The van der Waals surface area contributed by atoms with Gasteiger partial charge in [-0.3, -0.25) is 4.98 Å². The van der Waals surface area contributed by atoms with Crippen LogP contribution in [0.4, 0.5) is 0 Å². The first-order valence-electron chi connectivity index (χ1n) is 5.62. The van der Waals surface area contributed by atoms with Crippen molar-refractivity contribution in [2.75, 3.05) is 18.8 Å². The first kappa shape index (κ1) is 11.0. The van der Waals surface area contributed by atoms with Gasteiger partial charge >= 0.3 is 0 Å². The lowest BCUT2D eigenvalue weighted by Gasteiger charge is -2.22. The van der Waals surface area contributed by atoms with E-state index < -0.39 is 0 Å². The van der Waals surface area contributed by atoms with Crippen LogP contribution >= 0.6 is 11.8 Å². The van der Waals surface area contributed by atoms with Gasteiger partial charge in [0.2, 0.25) is 0 Å². The van der Waals surface area contributed by atoms with Crippen LogP contribution in [-0.4, -0.2) is 23.8 Å².